The molecule has 3 unspecified atom stereocenters. The summed E-state index contributed by atoms with van der Waals surface area (Å²) in [7, 11) is 0. The van der Waals surface area contributed by atoms with Crippen molar-refractivity contribution in [2.45, 2.75) is 31.0 Å². The number of hydrogen-bond donors (Lipinski definition) is 1. The lowest BCUT2D eigenvalue weighted by atomic mass is 10.0. The molecule has 30 heavy (non-hydrogen) atoms. The number of nitrogens with one attached hydrogen (secondary N) is 1. The number of ether oxygens (including phenoxy) is 1. The molecule has 2 aromatic carbocycles. The molecule has 2 fully saturated rings. The van der Waals surface area contributed by atoms with Gasteiger partial charge in [-0.1, -0.05) is 50.1 Å². The highest BCUT2D eigenvalue weighted by molar-refractivity contribution is 9.10. The maximum atomic E-state index is 13.4. The normalized spacial score (nSPS) is 21.4. The number of nitrogens with zero attached hydrogens (tertiary/aromatic N) is 1. The molecular formula is C22H20Br2N2O4. The summed E-state index contributed by atoms with van der Waals surface area (Å²) in [6, 6.07) is 13.3. The maximum absolute atomic E-state index is 13.4. The molecule has 2 aliphatic rings. The molecule has 2 amide bonds. The third-order valence-corrected chi connectivity index (χ3v) is 6.46. The van der Waals surface area contributed by atoms with E-state index in [0.717, 1.165) is 14.5 Å². The fraction of sp³-hybridized carbons (Fsp3) is 0.318. The van der Waals surface area contributed by atoms with Crippen LogP contribution in [-0.4, -0.2) is 53.8 Å². The van der Waals surface area contributed by atoms with Gasteiger partial charge >= 0.3 is 0 Å². The summed E-state index contributed by atoms with van der Waals surface area (Å²) in [5, 5.41) is 2.88. The van der Waals surface area contributed by atoms with Crippen LogP contribution in [0.25, 0.3) is 0 Å². The predicted molar refractivity (Wildman–Crippen MR) is 118 cm³/mol. The number of halogens is 2. The molecule has 6 nitrogen and oxygen atoms in total. The second-order valence-corrected chi connectivity index (χ2v) is 9.28. The third kappa shape index (κ3) is 4.50. The molecule has 2 heterocycles. The predicted octanol–water partition coefficient (Wildman–Crippen LogP) is 3.12. The molecule has 0 aliphatic carbocycles. The van der Waals surface area contributed by atoms with E-state index < -0.39 is 12.1 Å². The van der Waals surface area contributed by atoms with Crippen molar-refractivity contribution in [3.05, 3.63) is 68.6 Å². The van der Waals surface area contributed by atoms with Gasteiger partial charge in [-0.05, 0) is 42.3 Å². The van der Waals surface area contributed by atoms with E-state index in [-0.39, 0.29) is 30.3 Å². The van der Waals surface area contributed by atoms with Gasteiger partial charge in [-0.15, -0.1) is 0 Å². The average molecular weight is 536 g/mol. The molecule has 2 aromatic rings. The molecule has 0 saturated carbocycles. The molecule has 156 valence electrons. The molecule has 8 heteroatoms. The highest BCUT2D eigenvalue weighted by atomic mass is 79.9. The molecule has 4 rings (SSSR count). The number of amides is 2. The van der Waals surface area contributed by atoms with Gasteiger partial charge in [0.15, 0.2) is 5.78 Å². The van der Waals surface area contributed by atoms with Crippen LogP contribution in [0.15, 0.2) is 57.5 Å². The summed E-state index contributed by atoms with van der Waals surface area (Å²) in [5.74, 6) is -0.671. The van der Waals surface area contributed by atoms with Crippen molar-refractivity contribution in [3.63, 3.8) is 0 Å². The zero-order valence-corrected chi connectivity index (χ0v) is 19.2. The summed E-state index contributed by atoms with van der Waals surface area (Å²) < 4.78 is 7.22. The van der Waals surface area contributed by atoms with Crippen molar-refractivity contribution in [3.8, 4) is 0 Å². The minimum atomic E-state index is -0.787. The second kappa shape index (κ2) is 8.99. The van der Waals surface area contributed by atoms with Crippen LogP contribution in [0.3, 0.4) is 0 Å². The van der Waals surface area contributed by atoms with Crippen molar-refractivity contribution >= 4 is 49.5 Å². The van der Waals surface area contributed by atoms with Crippen LogP contribution in [-0.2, 0) is 20.7 Å². The maximum Gasteiger partial charge on any atom is 0.251 e. The Morgan fingerprint density at radius 2 is 1.90 bits per heavy atom. The number of Topliss-reactive ketones (excluding diaryl/α,β-unsaturated/α-hetero) is 1. The van der Waals surface area contributed by atoms with Crippen LogP contribution in [0.4, 0.5) is 0 Å². The minimum Gasteiger partial charge on any atom is -0.368 e. The van der Waals surface area contributed by atoms with Crippen molar-refractivity contribution in [2.24, 2.45) is 0 Å². The Labute approximate surface area is 191 Å². The third-order valence-electron chi connectivity index (χ3n) is 5.44. The van der Waals surface area contributed by atoms with Crippen molar-refractivity contribution in [1.29, 1.82) is 0 Å². The molecule has 1 N–H and O–H groups in total. The van der Waals surface area contributed by atoms with Gasteiger partial charge in [-0.25, -0.2) is 0 Å². The van der Waals surface area contributed by atoms with Gasteiger partial charge in [0.05, 0.1) is 6.10 Å². The summed E-state index contributed by atoms with van der Waals surface area (Å²) >= 11 is 6.78. The number of likely N-dealkylation sites (tertiary alicyclic amines) is 1. The second-order valence-electron chi connectivity index (χ2n) is 7.45. The number of rotatable bonds is 5. The number of fused-ring (bicyclic) bond motifs is 1. The lowest BCUT2D eigenvalue weighted by Crippen LogP contribution is -2.53. The lowest BCUT2D eigenvalue weighted by Gasteiger charge is -2.27. The van der Waals surface area contributed by atoms with Crippen LogP contribution in [0, 0.1) is 0 Å². The Hall–Kier alpha value is -2.03. The number of hydrogen-bond acceptors (Lipinski definition) is 4. The summed E-state index contributed by atoms with van der Waals surface area (Å²) in [6.07, 6.45) is 0.720. The fourth-order valence-corrected chi connectivity index (χ4v) is 4.63. The zero-order chi connectivity index (χ0) is 21.3. The summed E-state index contributed by atoms with van der Waals surface area (Å²) in [4.78, 5) is 40.1. The molecule has 3 atom stereocenters. The van der Waals surface area contributed by atoms with E-state index in [9.17, 15) is 14.4 Å². The van der Waals surface area contributed by atoms with Gasteiger partial charge in [0.2, 0.25) is 5.91 Å². The average Bonchev–Trinajstić information content (AvgIpc) is 3.31. The zero-order valence-electron chi connectivity index (χ0n) is 16.0. The molecule has 2 saturated heterocycles. The van der Waals surface area contributed by atoms with E-state index >= 15 is 0 Å². The van der Waals surface area contributed by atoms with Crippen LogP contribution < -0.4 is 5.32 Å². The van der Waals surface area contributed by atoms with Crippen molar-refractivity contribution < 1.29 is 19.1 Å². The molecule has 0 aromatic heterocycles. The van der Waals surface area contributed by atoms with Crippen LogP contribution in [0.2, 0.25) is 0 Å². The summed E-state index contributed by atoms with van der Waals surface area (Å²) in [6.45, 7) is 0.490. The first-order chi connectivity index (χ1) is 14.4. The Bertz CT molecular complexity index is 979. The van der Waals surface area contributed by atoms with E-state index in [2.05, 4.69) is 37.2 Å². The largest absolute Gasteiger partial charge is 0.368 e. The first-order valence-corrected chi connectivity index (χ1v) is 11.3. The standard InChI is InChI=1S/C22H20Br2N2O4/c23-15-6-4-13(5-7-15)10-17(25-21(28)14-2-1-3-16(24)11-14)22(29)26-9-8-19-20(26)18(27)12-30-19/h1-7,11,17,19-20H,8-10,12H2,(H,25,28). The topological polar surface area (TPSA) is 75.7 Å². The first kappa shape index (κ1) is 21.2. The SMILES string of the molecule is O=C(NC(Cc1ccc(Br)cc1)C(=O)N1CCC2OCC(=O)C21)c1cccc(Br)c1. The summed E-state index contributed by atoms with van der Waals surface area (Å²) in [5.41, 5.74) is 1.37. The number of carbonyl (C=O) groups is 3. The highest BCUT2D eigenvalue weighted by Crippen LogP contribution is 2.28. The van der Waals surface area contributed by atoms with E-state index in [1.807, 2.05) is 30.3 Å². The smallest absolute Gasteiger partial charge is 0.251 e. The van der Waals surface area contributed by atoms with Crippen molar-refractivity contribution in [1.82, 2.24) is 10.2 Å². The van der Waals surface area contributed by atoms with E-state index in [4.69, 9.17) is 4.74 Å². The Morgan fingerprint density at radius 3 is 2.63 bits per heavy atom. The first-order valence-electron chi connectivity index (χ1n) is 9.68. The fourth-order valence-electron chi connectivity index (χ4n) is 3.97. The molecule has 0 bridgehead atoms. The van der Waals surface area contributed by atoms with Gasteiger partial charge in [0.1, 0.15) is 18.7 Å². The van der Waals surface area contributed by atoms with Gasteiger partial charge in [0, 0.05) is 27.5 Å². The molecule has 0 spiro atoms. The number of benzene rings is 2. The van der Waals surface area contributed by atoms with E-state index in [1.54, 1.807) is 23.1 Å². The quantitative estimate of drug-likeness (QED) is 0.638. The highest BCUT2D eigenvalue weighted by Gasteiger charge is 2.48. The van der Waals surface area contributed by atoms with Gasteiger partial charge in [-0.3, -0.25) is 14.4 Å². The Kier molecular flexibility index (Phi) is 6.36. The van der Waals surface area contributed by atoms with E-state index in [1.165, 1.54) is 0 Å². The number of carbonyl (C=O) groups excluding carboxylic acids is 3. The van der Waals surface area contributed by atoms with Crippen LogP contribution in [0.1, 0.15) is 22.3 Å². The molecule has 2 aliphatic heterocycles. The minimum absolute atomic E-state index is 0.0426. The number of ketones is 1. The van der Waals surface area contributed by atoms with Gasteiger partial charge < -0.3 is 15.0 Å². The molecular weight excluding hydrogens is 516 g/mol. The van der Waals surface area contributed by atoms with Crippen LogP contribution >= 0.6 is 31.9 Å². The Morgan fingerprint density at radius 1 is 1.13 bits per heavy atom. The lowest BCUT2D eigenvalue weighted by molar-refractivity contribution is -0.138. The van der Waals surface area contributed by atoms with Gasteiger partial charge in [-0.2, -0.15) is 0 Å². The Balaban J connectivity index is 1.57. The van der Waals surface area contributed by atoms with Gasteiger partial charge in [0.25, 0.3) is 5.91 Å². The molecule has 0 radical (unpaired) electrons. The van der Waals surface area contributed by atoms with E-state index in [0.29, 0.717) is 24.9 Å². The van der Waals surface area contributed by atoms with Crippen molar-refractivity contribution in [2.75, 3.05) is 13.2 Å². The monoisotopic (exact) mass is 534 g/mol. The van der Waals surface area contributed by atoms with Crippen LogP contribution in [0.5, 0.6) is 0 Å².